The van der Waals surface area contributed by atoms with Crippen LogP contribution in [0.15, 0.2) is 45.5 Å². The fourth-order valence-electron chi connectivity index (χ4n) is 4.04. The van der Waals surface area contributed by atoms with Crippen LogP contribution < -0.4 is 26.9 Å². The molecule has 0 spiro atoms. The number of imidazole rings is 1. The van der Waals surface area contributed by atoms with Gasteiger partial charge in [-0.1, -0.05) is 11.6 Å². The van der Waals surface area contributed by atoms with Gasteiger partial charge in [0, 0.05) is 45.3 Å². The lowest BCUT2D eigenvalue weighted by atomic mass is 10.1. The number of hydrogen-bond donors (Lipinski definition) is 3. The third kappa shape index (κ3) is 7.69. The first kappa shape index (κ1) is 33.9. The number of aryl methyl sites for hydroxylation is 1. The molecule has 0 saturated carbocycles. The topological polar surface area (TPSA) is 203 Å². The number of allylic oxidation sites excluding steroid dienone is 2. The Morgan fingerprint density at radius 1 is 1.12 bits per heavy atom. The summed E-state index contributed by atoms with van der Waals surface area (Å²) >= 11 is 0. The summed E-state index contributed by atoms with van der Waals surface area (Å²) in [7, 11) is 1.56. The normalized spacial score (nSPS) is 13.2. The molecule has 1 aliphatic heterocycles. The number of hydrogen-bond acceptors (Lipinski definition) is 8. The van der Waals surface area contributed by atoms with Crippen LogP contribution in [0.3, 0.4) is 0 Å². The molecule has 0 unspecified atom stereocenters. The van der Waals surface area contributed by atoms with E-state index < -0.39 is 35.7 Å². The van der Waals surface area contributed by atoms with Crippen molar-refractivity contribution in [3.63, 3.8) is 0 Å². The first-order valence-electron chi connectivity index (χ1n) is 12.4. The highest BCUT2D eigenvalue weighted by Gasteiger charge is 2.38. The molecule has 1 aromatic carbocycles. The number of carboxylic acid groups (broad SMARTS) is 1. The number of quaternary nitrogens is 1. The molecule has 0 aliphatic carbocycles. The Hall–Kier alpha value is -4.32. The summed E-state index contributed by atoms with van der Waals surface area (Å²) in [6.07, 6.45) is -3.08. The van der Waals surface area contributed by atoms with Gasteiger partial charge in [-0.15, -0.1) is 0 Å². The molecule has 1 saturated heterocycles. The van der Waals surface area contributed by atoms with Gasteiger partial charge in [-0.05, 0) is 38.1 Å². The minimum Gasteiger partial charge on any atom is -0.630 e. The van der Waals surface area contributed by atoms with Crippen LogP contribution in [-0.2, 0) is 24.9 Å². The molecule has 17 heteroatoms. The molecule has 4 rings (SSSR count). The molecule has 0 atom stereocenters. The van der Waals surface area contributed by atoms with Gasteiger partial charge in [0.15, 0.2) is 16.9 Å². The molecule has 6 N–H and O–H groups in total. The van der Waals surface area contributed by atoms with Crippen molar-refractivity contribution in [2.45, 2.75) is 33.1 Å². The molecule has 1 fully saturated rings. The number of rotatable bonds is 7. The van der Waals surface area contributed by atoms with Gasteiger partial charge in [0.1, 0.15) is 5.69 Å². The Kier molecular flexibility index (Phi) is 11.3. The van der Waals surface area contributed by atoms with E-state index in [1.54, 1.807) is 7.05 Å². The SMILES string of the molecule is CC(C)=CCn1c(N2CCNCC2)nc2c1c(=O)n(CC(=O)c1ccc([NH2+][O-])cc1)c(=O)n2C.O.O=C(O)C(F)(F)F. The number of carboxylic acids is 1. The fourth-order valence-corrected chi connectivity index (χ4v) is 4.04. The number of aliphatic carboxylic acids is 1. The molecule has 2 aromatic heterocycles. The number of nitrogens with one attached hydrogen (secondary N) is 1. The number of aromatic nitrogens is 4. The van der Waals surface area contributed by atoms with Gasteiger partial charge in [-0.25, -0.2) is 9.59 Å². The highest BCUT2D eigenvalue weighted by atomic mass is 19.4. The van der Waals surface area contributed by atoms with E-state index in [0.717, 1.165) is 36.3 Å². The lowest BCUT2D eigenvalue weighted by molar-refractivity contribution is -0.497. The van der Waals surface area contributed by atoms with Crippen LogP contribution in [0.25, 0.3) is 11.2 Å². The maximum atomic E-state index is 13.6. The second kappa shape index (κ2) is 14.0. The number of piperazine rings is 1. The number of nitrogens with zero attached hydrogens (tertiary/aromatic N) is 5. The van der Waals surface area contributed by atoms with Crippen molar-refractivity contribution in [1.82, 2.24) is 24.0 Å². The average Bonchev–Trinajstić information content (AvgIpc) is 3.33. The van der Waals surface area contributed by atoms with E-state index in [-0.39, 0.29) is 11.0 Å². The van der Waals surface area contributed by atoms with Crippen molar-refractivity contribution < 1.29 is 38.8 Å². The zero-order valence-electron chi connectivity index (χ0n) is 23.1. The first-order valence-corrected chi connectivity index (χ1v) is 12.4. The zero-order chi connectivity index (χ0) is 30.5. The van der Waals surface area contributed by atoms with Crippen LogP contribution in [0, 0.1) is 5.21 Å². The predicted octanol–water partition coefficient (Wildman–Crippen LogP) is -0.343. The van der Waals surface area contributed by atoms with Crippen molar-refractivity contribution in [3.05, 3.63) is 67.5 Å². The number of ketones is 1. The Morgan fingerprint density at radius 2 is 1.69 bits per heavy atom. The van der Waals surface area contributed by atoms with Gasteiger partial charge in [-0.3, -0.25) is 18.7 Å². The summed E-state index contributed by atoms with van der Waals surface area (Å²) in [6, 6.07) is 6.08. The Bertz CT molecular complexity index is 1560. The summed E-state index contributed by atoms with van der Waals surface area (Å²) in [4.78, 5) is 55.2. The van der Waals surface area contributed by atoms with Crippen molar-refractivity contribution >= 4 is 34.6 Å². The molecule has 0 bridgehead atoms. The Labute approximate surface area is 236 Å². The largest absolute Gasteiger partial charge is 0.630 e. The molecule has 0 radical (unpaired) electrons. The van der Waals surface area contributed by atoms with E-state index in [4.69, 9.17) is 14.9 Å². The number of halogens is 3. The van der Waals surface area contributed by atoms with Crippen LogP contribution in [0.4, 0.5) is 24.8 Å². The minimum absolute atomic E-state index is 0. The number of carbonyl (C=O) groups excluding carboxylic acids is 1. The summed E-state index contributed by atoms with van der Waals surface area (Å²) in [5.41, 5.74) is 1.97. The molecule has 3 aromatic rings. The maximum Gasteiger partial charge on any atom is 0.490 e. The third-order valence-electron chi connectivity index (χ3n) is 6.21. The van der Waals surface area contributed by atoms with Crippen molar-refractivity contribution in [2.75, 3.05) is 31.1 Å². The van der Waals surface area contributed by atoms with Crippen LogP contribution in [0.1, 0.15) is 24.2 Å². The first-order chi connectivity index (χ1) is 19.3. The van der Waals surface area contributed by atoms with Gasteiger partial charge >= 0.3 is 17.8 Å². The van der Waals surface area contributed by atoms with Crippen LogP contribution in [-0.4, -0.2) is 73.4 Å². The van der Waals surface area contributed by atoms with Gasteiger partial charge in [0.25, 0.3) is 5.56 Å². The monoisotopic (exact) mass is 599 g/mol. The summed E-state index contributed by atoms with van der Waals surface area (Å²) in [5, 5.41) is 21.3. The maximum absolute atomic E-state index is 13.6. The van der Waals surface area contributed by atoms with Crippen molar-refractivity contribution in [2.24, 2.45) is 7.05 Å². The number of Topliss-reactive ketones (excluding diaryl/α,β-unsaturated/α-hetero) is 1. The highest BCUT2D eigenvalue weighted by Crippen LogP contribution is 2.21. The van der Waals surface area contributed by atoms with Crippen molar-refractivity contribution in [3.8, 4) is 0 Å². The number of benzene rings is 1. The second-order valence-corrected chi connectivity index (χ2v) is 9.41. The standard InChI is InChI=1S/C23H29N7O4.C2HF3O2.H2O/c1-15(2)8-11-29-19-20(25-22(29)28-12-9-24-10-13-28)27(3)23(33)30(21(19)32)14-18(31)16-4-6-17(26-34)7-5-16;3-2(4,5)1(6)7;/h4-8,24H,9-14,26H2,1-3H3;(H,6,7);1H2. The van der Waals surface area contributed by atoms with Crippen molar-refractivity contribution in [1.29, 1.82) is 0 Å². The summed E-state index contributed by atoms with van der Waals surface area (Å²) in [6.45, 7) is 7.04. The van der Waals surface area contributed by atoms with Gasteiger partial charge < -0.3 is 36.1 Å². The zero-order valence-corrected chi connectivity index (χ0v) is 23.1. The number of anilines is 1. The van der Waals surface area contributed by atoms with Gasteiger partial charge in [0.05, 0.1) is 6.54 Å². The van der Waals surface area contributed by atoms with E-state index in [0.29, 0.717) is 34.9 Å². The van der Waals surface area contributed by atoms with E-state index in [1.165, 1.54) is 28.8 Å². The number of alkyl halides is 3. The fraction of sp³-hybridized carbons (Fsp3) is 0.400. The molecule has 230 valence electrons. The van der Waals surface area contributed by atoms with E-state index >= 15 is 0 Å². The highest BCUT2D eigenvalue weighted by molar-refractivity contribution is 5.96. The van der Waals surface area contributed by atoms with Crippen LogP contribution in [0.5, 0.6) is 0 Å². The lowest BCUT2D eigenvalue weighted by Gasteiger charge is -2.28. The minimum atomic E-state index is -5.08. The molecular weight excluding hydrogens is 567 g/mol. The smallest absolute Gasteiger partial charge is 0.490 e. The molecular formula is C25H32F3N7O7. The number of carbonyl (C=O) groups is 2. The molecule has 1 aliphatic rings. The third-order valence-corrected chi connectivity index (χ3v) is 6.21. The van der Waals surface area contributed by atoms with E-state index in [2.05, 4.69) is 10.2 Å². The lowest BCUT2D eigenvalue weighted by Crippen LogP contribution is -2.70. The summed E-state index contributed by atoms with van der Waals surface area (Å²) < 4.78 is 35.8. The molecule has 3 heterocycles. The predicted molar refractivity (Wildman–Crippen MR) is 147 cm³/mol. The second-order valence-electron chi connectivity index (χ2n) is 9.41. The average molecular weight is 600 g/mol. The van der Waals surface area contributed by atoms with E-state index in [9.17, 15) is 32.8 Å². The Morgan fingerprint density at radius 3 is 2.19 bits per heavy atom. The number of fused-ring (bicyclic) bond motifs is 1. The van der Waals surface area contributed by atoms with Gasteiger partial charge in [-0.2, -0.15) is 18.2 Å². The van der Waals surface area contributed by atoms with Gasteiger partial charge in [0.2, 0.25) is 5.95 Å². The van der Waals surface area contributed by atoms with E-state index in [1.807, 2.05) is 24.5 Å². The van der Waals surface area contributed by atoms with Crippen LogP contribution >= 0.6 is 0 Å². The Balaban J connectivity index is 0.000000687. The molecule has 42 heavy (non-hydrogen) atoms. The number of nitrogens with two attached hydrogens (primary N) is 1. The molecule has 14 nitrogen and oxygen atoms in total. The van der Waals surface area contributed by atoms with Crippen LogP contribution in [0.2, 0.25) is 0 Å². The molecule has 0 amide bonds. The quantitative estimate of drug-likeness (QED) is 0.140. The summed E-state index contributed by atoms with van der Waals surface area (Å²) in [5.74, 6) is -2.52.